The summed E-state index contributed by atoms with van der Waals surface area (Å²) >= 11 is 0. The largest absolute Gasteiger partial charge is 0.481 e. The summed E-state index contributed by atoms with van der Waals surface area (Å²) in [5.74, 6) is -1.86. The number of carboxylic acids is 1. The second-order valence-electron chi connectivity index (χ2n) is 4.13. The number of hydrogen-bond acceptors (Lipinski definition) is 3. The summed E-state index contributed by atoms with van der Waals surface area (Å²) in [5.41, 5.74) is -0.993. The van der Waals surface area contributed by atoms with Crippen molar-refractivity contribution in [2.45, 2.75) is 13.3 Å². The van der Waals surface area contributed by atoms with Gasteiger partial charge in [-0.2, -0.15) is 0 Å². The predicted molar refractivity (Wildman–Crippen MR) is 47.4 cm³/mol. The second kappa shape index (κ2) is 2.83. The summed E-state index contributed by atoms with van der Waals surface area (Å²) < 4.78 is 4.89. The Morgan fingerprint density at radius 2 is 2.43 bits per heavy atom. The molecule has 4 heteroatoms. The molecule has 0 bridgehead atoms. The third kappa shape index (κ3) is 1.06. The first-order valence-electron chi connectivity index (χ1n) is 4.62. The molecule has 0 aromatic rings. The molecule has 0 saturated carbocycles. The van der Waals surface area contributed by atoms with Crippen molar-refractivity contribution in [3.8, 4) is 0 Å². The van der Waals surface area contributed by atoms with Crippen molar-refractivity contribution in [3.05, 3.63) is 12.2 Å². The smallest absolute Gasteiger partial charge is 0.310 e. The molecule has 1 aliphatic heterocycles. The predicted octanol–water partition coefficient (Wildman–Crippen LogP) is 0.826. The Morgan fingerprint density at radius 1 is 1.71 bits per heavy atom. The van der Waals surface area contributed by atoms with E-state index >= 15 is 0 Å². The fraction of sp³-hybridized carbons (Fsp3) is 0.600. The van der Waals surface area contributed by atoms with E-state index < -0.39 is 17.3 Å². The molecular formula is C10H12O4. The lowest BCUT2D eigenvalue weighted by molar-refractivity contribution is -0.159. The molecule has 0 aromatic carbocycles. The summed E-state index contributed by atoms with van der Waals surface area (Å²) in [6.07, 6.45) is 4.12. The number of esters is 1. The highest BCUT2D eigenvalue weighted by Gasteiger charge is 2.53. The molecule has 14 heavy (non-hydrogen) atoms. The van der Waals surface area contributed by atoms with Gasteiger partial charge >= 0.3 is 11.9 Å². The molecule has 1 N–H and O–H groups in total. The van der Waals surface area contributed by atoms with E-state index in [-0.39, 0.29) is 11.9 Å². The van der Waals surface area contributed by atoms with Gasteiger partial charge in [-0.1, -0.05) is 12.2 Å². The fourth-order valence-electron chi connectivity index (χ4n) is 2.27. The van der Waals surface area contributed by atoms with Crippen molar-refractivity contribution in [2.75, 3.05) is 6.61 Å². The zero-order chi connectivity index (χ0) is 10.3. The van der Waals surface area contributed by atoms with E-state index in [1.807, 2.05) is 12.2 Å². The first-order valence-corrected chi connectivity index (χ1v) is 4.62. The highest BCUT2D eigenvalue weighted by molar-refractivity contribution is 5.86. The van der Waals surface area contributed by atoms with E-state index in [0.717, 1.165) is 0 Å². The Hall–Kier alpha value is -1.32. The molecule has 1 saturated heterocycles. The molecule has 2 aliphatic rings. The number of rotatable bonds is 1. The maximum Gasteiger partial charge on any atom is 0.310 e. The van der Waals surface area contributed by atoms with Gasteiger partial charge in [0.2, 0.25) is 0 Å². The van der Waals surface area contributed by atoms with E-state index in [1.54, 1.807) is 6.92 Å². The van der Waals surface area contributed by atoms with Crippen LogP contribution in [0, 0.1) is 17.3 Å². The number of cyclic esters (lactones) is 1. The molecule has 0 amide bonds. The van der Waals surface area contributed by atoms with Crippen molar-refractivity contribution < 1.29 is 19.4 Å². The number of allylic oxidation sites excluding steroid dienone is 1. The lowest BCUT2D eigenvalue weighted by Gasteiger charge is -2.33. The molecule has 3 atom stereocenters. The Bertz CT molecular complexity index is 320. The first kappa shape index (κ1) is 9.24. The van der Waals surface area contributed by atoms with Crippen molar-refractivity contribution in [2.24, 2.45) is 17.3 Å². The van der Waals surface area contributed by atoms with Crippen LogP contribution in [-0.2, 0) is 14.3 Å². The highest BCUT2D eigenvalue weighted by atomic mass is 16.5. The Balaban J connectivity index is 2.40. The van der Waals surface area contributed by atoms with Crippen molar-refractivity contribution in [1.82, 2.24) is 0 Å². The van der Waals surface area contributed by atoms with Gasteiger partial charge in [-0.05, 0) is 13.3 Å². The minimum Gasteiger partial charge on any atom is -0.481 e. The zero-order valence-corrected chi connectivity index (χ0v) is 7.90. The quantitative estimate of drug-likeness (QED) is 0.498. The minimum atomic E-state index is -0.993. The van der Waals surface area contributed by atoms with Crippen LogP contribution in [0.5, 0.6) is 0 Å². The topological polar surface area (TPSA) is 63.6 Å². The van der Waals surface area contributed by atoms with Gasteiger partial charge in [0, 0.05) is 5.92 Å². The van der Waals surface area contributed by atoms with E-state index in [2.05, 4.69) is 0 Å². The van der Waals surface area contributed by atoms with Crippen LogP contribution >= 0.6 is 0 Å². The van der Waals surface area contributed by atoms with Crippen LogP contribution in [0.1, 0.15) is 13.3 Å². The van der Waals surface area contributed by atoms with Gasteiger partial charge in [-0.15, -0.1) is 0 Å². The number of carboxylic acid groups (broad SMARTS) is 1. The number of carbonyl (C=O) groups is 2. The number of ether oxygens (including phenoxy) is 1. The van der Waals surface area contributed by atoms with Crippen molar-refractivity contribution >= 4 is 11.9 Å². The maximum atomic E-state index is 11.4. The van der Waals surface area contributed by atoms with Gasteiger partial charge in [-0.3, -0.25) is 9.59 Å². The molecule has 0 spiro atoms. The van der Waals surface area contributed by atoms with Crippen LogP contribution in [0.25, 0.3) is 0 Å². The average Bonchev–Trinajstić information content (AvgIpc) is 2.49. The van der Waals surface area contributed by atoms with Gasteiger partial charge in [0.1, 0.15) is 0 Å². The summed E-state index contributed by atoms with van der Waals surface area (Å²) in [5, 5.41) is 9.12. The first-order chi connectivity index (χ1) is 6.55. The monoisotopic (exact) mass is 196 g/mol. The number of fused-ring (bicyclic) bond motifs is 1. The standard InChI is InChI=1S/C10H12O4/c1-10(9(12)13)4-2-3-6-5-14-8(11)7(6)10/h2-3,6-7H,4-5H2,1H3,(H,12,13). The van der Waals surface area contributed by atoms with Crippen LogP contribution in [0.4, 0.5) is 0 Å². The summed E-state index contributed by atoms with van der Waals surface area (Å²) in [7, 11) is 0. The SMILES string of the molecule is CC1(C(=O)O)CC=CC2COC(=O)C21. The van der Waals surface area contributed by atoms with Gasteiger partial charge in [0.05, 0.1) is 17.9 Å². The number of carbonyl (C=O) groups excluding carboxylic acids is 1. The van der Waals surface area contributed by atoms with Crippen LogP contribution in [0.2, 0.25) is 0 Å². The van der Waals surface area contributed by atoms with E-state index in [1.165, 1.54) is 0 Å². The van der Waals surface area contributed by atoms with E-state index in [9.17, 15) is 9.59 Å². The van der Waals surface area contributed by atoms with Crippen LogP contribution in [-0.4, -0.2) is 23.7 Å². The summed E-state index contributed by atoms with van der Waals surface area (Å²) in [6, 6.07) is 0. The van der Waals surface area contributed by atoms with Crippen LogP contribution in [0.3, 0.4) is 0 Å². The van der Waals surface area contributed by atoms with Crippen LogP contribution in [0.15, 0.2) is 12.2 Å². The van der Waals surface area contributed by atoms with Crippen LogP contribution < -0.4 is 0 Å². The Labute approximate surface area is 81.6 Å². The maximum absolute atomic E-state index is 11.4. The van der Waals surface area contributed by atoms with E-state index in [4.69, 9.17) is 9.84 Å². The Kier molecular flexibility index (Phi) is 1.87. The van der Waals surface area contributed by atoms with E-state index in [0.29, 0.717) is 13.0 Å². The molecule has 1 fully saturated rings. The molecule has 0 radical (unpaired) electrons. The zero-order valence-electron chi connectivity index (χ0n) is 7.90. The molecule has 3 unspecified atom stereocenters. The third-order valence-corrected chi connectivity index (χ3v) is 3.20. The molecule has 4 nitrogen and oxygen atoms in total. The van der Waals surface area contributed by atoms with Crippen molar-refractivity contribution in [3.63, 3.8) is 0 Å². The second-order valence-corrected chi connectivity index (χ2v) is 4.13. The van der Waals surface area contributed by atoms with Gasteiger partial charge in [0.25, 0.3) is 0 Å². The normalized spacial score (nSPS) is 40.5. The van der Waals surface area contributed by atoms with Gasteiger partial charge in [-0.25, -0.2) is 0 Å². The van der Waals surface area contributed by atoms with Crippen molar-refractivity contribution in [1.29, 1.82) is 0 Å². The fourth-order valence-corrected chi connectivity index (χ4v) is 2.27. The van der Waals surface area contributed by atoms with Gasteiger partial charge in [0.15, 0.2) is 0 Å². The molecular weight excluding hydrogens is 184 g/mol. The molecule has 0 aromatic heterocycles. The van der Waals surface area contributed by atoms with Gasteiger partial charge < -0.3 is 9.84 Å². The summed E-state index contributed by atoms with van der Waals surface area (Å²) in [6.45, 7) is 1.94. The molecule has 76 valence electrons. The molecule has 2 rings (SSSR count). The lowest BCUT2D eigenvalue weighted by atomic mass is 9.66. The number of aliphatic carboxylic acids is 1. The molecule has 1 heterocycles. The minimum absolute atomic E-state index is 0.0580. The highest BCUT2D eigenvalue weighted by Crippen LogP contribution is 2.44. The third-order valence-electron chi connectivity index (χ3n) is 3.20. The Morgan fingerprint density at radius 3 is 3.07 bits per heavy atom. The summed E-state index contributed by atoms with van der Waals surface area (Å²) in [4.78, 5) is 22.5. The molecule has 1 aliphatic carbocycles. The number of hydrogen-bond donors (Lipinski definition) is 1. The average molecular weight is 196 g/mol. The lowest BCUT2D eigenvalue weighted by Crippen LogP contribution is -2.42.